The Bertz CT molecular complexity index is 396. The maximum Gasteiger partial charge on any atom is 0.224 e. The maximum absolute atomic E-state index is 13.0. The van der Waals surface area contributed by atoms with Gasteiger partial charge in [-0.2, -0.15) is 0 Å². The molecule has 1 rings (SSSR count). The van der Waals surface area contributed by atoms with Gasteiger partial charge in [0.15, 0.2) is 11.6 Å². The molecule has 0 heterocycles. The Hall–Kier alpha value is -1.49. The minimum atomic E-state index is -0.908. The van der Waals surface area contributed by atoms with Crippen molar-refractivity contribution in [3.8, 4) is 0 Å². The van der Waals surface area contributed by atoms with Gasteiger partial charge in [-0.3, -0.25) is 4.79 Å². The average molecular weight is 242 g/mol. The molecule has 1 aromatic rings. The molecule has 0 spiro atoms. The first-order valence-electron chi connectivity index (χ1n) is 5.50. The van der Waals surface area contributed by atoms with E-state index >= 15 is 0 Å². The van der Waals surface area contributed by atoms with Crippen LogP contribution >= 0.6 is 0 Å². The third-order valence-electron chi connectivity index (χ3n) is 2.47. The van der Waals surface area contributed by atoms with Crippen LogP contribution in [-0.4, -0.2) is 19.0 Å². The molecule has 1 unspecified atom stereocenters. The first-order valence-corrected chi connectivity index (χ1v) is 5.50. The highest BCUT2D eigenvalue weighted by molar-refractivity contribution is 5.79. The van der Waals surface area contributed by atoms with Gasteiger partial charge in [0.1, 0.15) is 0 Å². The fourth-order valence-corrected chi connectivity index (χ4v) is 1.55. The summed E-state index contributed by atoms with van der Waals surface area (Å²) in [5.41, 5.74) is 6.05. The SMILES string of the molecule is CCNC(=O)C(CN)Cc1ccc(F)c(F)c1. The van der Waals surface area contributed by atoms with E-state index in [1.165, 1.54) is 6.07 Å². The molecule has 1 aromatic carbocycles. The van der Waals surface area contributed by atoms with Crippen molar-refractivity contribution in [2.45, 2.75) is 13.3 Å². The van der Waals surface area contributed by atoms with Crippen molar-refractivity contribution in [3.63, 3.8) is 0 Å². The zero-order chi connectivity index (χ0) is 12.8. The van der Waals surface area contributed by atoms with Gasteiger partial charge in [0.2, 0.25) is 5.91 Å². The molecule has 0 bridgehead atoms. The quantitative estimate of drug-likeness (QED) is 0.815. The van der Waals surface area contributed by atoms with E-state index in [-0.39, 0.29) is 12.5 Å². The van der Waals surface area contributed by atoms with Gasteiger partial charge in [-0.25, -0.2) is 8.78 Å². The van der Waals surface area contributed by atoms with Crippen molar-refractivity contribution in [1.82, 2.24) is 5.32 Å². The van der Waals surface area contributed by atoms with E-state index in [0.29, 0.717) is 18.5 Å². The van der Waals surface area contributed by atoms with Crippen LogP contribution in [0, 0.1) is 17.6 Å². The Morgan fingerprint density at radius 2 is 2.12 bits per heavy atom. The second-order valence-corrected chi connectivity index (χ2v) is 3.78. The number of nitrogens with two attached hydrogens (primary N) is 1. The summed E-state index contributed by atoms with van der Waals surface area (Å²) in [6.07, 6.45) is 0.305. The van der Waals surface area contributed by atoms with Crippen molar-refractivity contribution < 1.29 is 13.6 Å². The number of rotatable bonds is 5. The van der Waals surface area contributed by atoms with Crippen LogP contribution in [0.1, 0.15) is 12.5 Å². The molecule has 3 nitrogen and oxygen atoms in total. The number of amides is 1. The fraction of sp³-hybridized carbons (Fsp3) is 0.417. The Morgan fingerprint density at radius 3 is 2.65 bits per heavy atom. The molecule has 0 saturated heterocycles. The summed E-state index contributed by atoms with van der Waals surface area (Å²) in [5, 5.41) is 2.66. The fourth-order valence-electron chi connectivity index (χ4n) is 1.55. The van der Waals surface area contributed by atoms with Crippen LogP contribution < -0.4 is 11.1 Å². The standard InChI is InChI=1S/C12H16F2N2O/c1-2-16-12(17)9(7-15)5-8-3-4-10(13)11(14)6-8/h3-4,6,9H,2,5,7,15H2,1H3,(H,16,17). The number of benzene rings is 1. The van der Waals surface area contributed by atoms with Crippen LogP contribution in [0.25, 0.3) is 0 Å². The summed E-state index contributed by atoms with van der Waals surface area (Å²) in [5.74, 6) is -2.38. The first-order chi connectivity index (χ1) is 8.08. The number of hydrogen-bond acceptors (Lipinski definition) is 2. The van der Waals surface area contributed by atoms with E-state index in [2.05, 4.69) is 5.32 Å². The number of carbonyl (C=O) groups is 1. The van der Waals surface area contributed by atoms with Gasteiger partial charge in [0, 0.05) is 13.1 Å². The second-order valence-electron chi connectivity index (χ2n) is 3.78. The van der Waals surface area contributed by atoms with Gasteiger partial charge in [0.25, 0.3) is 0 Å². The Kier molecular flexibility index (Phi) is 5.03. The lowest BCUT2D eigenvalue weighted by Crippen LogP contribution is -2.36. The van der Waals surface area contributed by atoms with Crippen LogP contribution in [0.3, 0.4) is 0 Å². The minimum absolute atomic E-state index is 0.167. The monoisotopic (exact) mass is 242 g/mol. The van der Waals surface area contributed by atoms with Gasteiger partial charge in [0.05, 0.1) is 5.92 Å². The highest BCUT2D eigenvalue weighted by Gasteiger charge is 2.17. The number of carbonyl (C=O) groups excluding carboxylic acids is 1. The molecule has 0 aromatic heterocycles. The normalized spacial score (nSPS) is 12.2. The lowest BCUT2D eigenvalue weighted by molar-refractivity contribution is -0.124. The predicted octanol–water partition coefficient (Wildman–Crippen LogP) is 1.22. The third-order valence-corrected chi connectivity index (χ3v) is 2.47. The topological polar surface area (TPSA) is 55.1 Å². The van der Waals surface area contributed by atoms with E-state index < -0.39 is 17.6 Å². The molecule has 1 amide bonds. The molecule has 0 aliphatic carbocycles. The Balaban J connectivity index is 2.73. The largest absolute Gasteiger partial charge is 0.356 e. The van der Waals surface area contributed by atoms with Crippen LogP contribution in [0.5, 0.6) is 0 Å². The number of nitrogens with one attached hydrogen (secondary N) is 1. The molecule has 0 aliphatic heterocycles. The van der Waals surface area contributed by atoms with E-state index in [0.717, 1.165) is 12.1 Å². The molecule has 0 saturated carbocycles. The van der Waals surface area contributed by atoms with Gasteiger partial charge < -0.3 is 11.1 Å². The van der Waals surface area contributed by atoms with Gasteiger partial charge in [-0.05, 0) is 31.0 Å². The zero-order valence-electron chi connectivity index (χ0n) is 9.67. The van der Waals surface area contributed by atoms with E-state index in [4.69, 9.17) is 5.73 Å². The van der Waals surface area contributed by atoms with Crippen LogP contribution in [0.2, 0.25) is 0 Å². The molecule has 17 heavy (non-hydrogen) atoms. The molecule has 0 radical (unpaired) electrons. The lowest BCUT2D eigenvalue weighted by atomic mass is 9.98. The molecular weight excluding hydrogens is 226 g/mol. The van der Waals surface area contributed by atoms with Crippen LogP contribution in [0.15, 0.2) is 18.2 Å². The summed E-state index contributed by atoms with van der Waals surface area (Å²) in [6.45, 7) is 2.50. The molecule has 94 valence electrons. The smallest absolute Gasteiger partial charge is 0.224 e. The first kappa shape index (κ1) is 13.6. The molecule has 0 fully saturated rings. The van der Waals surface area contributed by atoms with E-state index in [1.807, 2.05) is 6.92 Å². The zero-order valence-corrected chi connectivity index (χ0v) is 9.67. The van der Waals surface area contributed by atoms with Crippen molar-refractivity contribution in [2.24, 2.45) is 11.7 Å². The number of hydrogen-bond donors (Lipinski definition) is 2. The lowest BCUT2D eigenvalue weighted by Gasteiger charge is -2.14. The average Bonchev–Trinajstić information content (AvgIpc) is 2.30. The number of halogens is 2. The highest BCUT2D eigenvalue weighted by Crippen LogP contribution is 2.13. The van der Waals surface area contributed by atoms with Crippen molar-refractivity contribution in [2.75, 3.05) is 13.1 Å². The molecule has 5 heteroatoms. The molecule has 0 aliphatic rings. The van der Waals surface area contributed by atoms with Crippen molar-refractivity contribution in [3.05, 3.63) is 35.4 Å². The third kappa shape index (κ3) is 3.78. The summed E-state index contributed by atoms with van der Waals surface area (Å²) in [4.78, 5) is 11.6. The minimum Gasteiger partial charge on any atom is -0.356 e. The van der Waals surface area contributed by atoms with E-state index in [9.17, 15) is 13.6 Å². The molecule has 3 N–H and O–H groups in total. The molecule has 1 atom stereocenters. The molecular formula is C12H16F2N2O. The highest BCUT2D eigenvalue weighted by atomic mass is 19.2. The summed E-state index contributed by atoms with van der Waals surface area (Å²) in [7, 11) is 0. The second kappa shape index (κ2) is 6.30. The van der Waals surface area contributed by atoms with Gasteiger partial charge >= 0.3 is 0 Å². The van der Waals surface area contributed by atoms with Crippen LogP contribution in [-0.2, 0) is 11.2 Å². The summed E-state index contributed by atoms with van der Waals surface area (Å²) in [6, 6.07) is 3.60. The van der Waals surface area contributed by atoms with Crippen LogP contribution in [0.4, 0.5) is 8.78 Å². The van der Waals surface area contributed by atoms with E-state index in [1.54, 1.807) is 0 Å². The predicted molar refractivity (Wildman–Crippen MR) is 61.3 cm³/mol. The summed E-state index contributed by atoms with van der Waals surface area (Å²) < 4.78 is 25.7. The Labute approximate surface area is 99.0 Å². The van der Waals surface area contributed by atoms with Crippen molar-refractivity contribution in [1.29, 1.82) is 0 Å². The summed E-state index contributed by atoms with van der Waals surface area (Å²) >= 11 is 0. The maximum atomic E-state index is 13.0. The van der Waals surface area contributed by atoms with Gasteiger partial charge in [-0.15, -0.1) is 0 Å². The van der Waals surface area contributed by atoms with Crippen molar-refractivity contribution >= 4 is 5.91 Å². The Morgan fingerprint density at radius 1 is 1.41 bits per heavy atom. The van der Waals surface area contributed by atoms with Gasteiger partial charge in [-0.1, -0.05) is 6.07 Å².